The molecule has 0 saturated heterocycles. The van der Waals surface area contributed by atoms with Crippen LogP contribution in [0.4, 0.5) is 0 Å². The molecule has 0 unspecified atom stereocenters. The van der Waals surface area contributed by atoms with E-state index in [9.17, 15) is 9.59 Å². The zero-order valence-electron chi connectivity index (χ0n) is 18.4. The second kappa shape index (κ2) is 17.1. The van der Waals surface area contributed by atoms with Crippen LogP contribution in [0.5, 0.6) is 0 Å². The third-order valence-electron chi connectivity index (χ3n) is 4.98. The minimum atomic E-state index is -1.22. The van der Waals surface area contributed by atoms with E-state index in [0.29, 0.717) is 13.2 Å². The van der Waals surface area contributed by atoms with Crippen molar-refractivity contribution in [2.24, 2.45) is 5.41 Å². The normalized spacial score (nSPS) is 11.4. The van der Waals surface area contributed by atoms with E-state index in [2.05, 4.69) is 13.8 Å². The first-order valence-electron chi connectivity index (χ1n) is 11.3. The predicted octanol–water partition coefficient (Wildman–Crippen LogP) is 6.60. The molecule has 0 atom stereocenters. The number of esters is 2. The average Bonchev–Trinajstić information content (AvgIpc) is 2.65. The second-order valence-corrected chi connectivity index (χ2v) is 8.14. The first kappa shape index (κ1) is 25.9. The topological polar surface area (TPSA) is 52.6 Å². The van der Waals surface area contributed by atoms with Gasteiger partial charge in [-0.25, -0.2) is 0 Å². The fourth-order valence-electron chi connectivity index (χ4n) is 2.89. The molecular weight excluding hydrogens is 340 g/mol. The molecule has 0 aromatic carbocycles. The van der Waals surface area contributed by atoms with Gasteiger partial charge in [0.15, 0.2) is 5.41 Å². The number of carbonyl (C=O) groups excluding carboxylic acids is 2. The fraction of sp³-hybridized carbons (Fsp3) is 0.913. The number of carbonyl (C=O) groups is 2. The lowest BCUT2D eigenvalue weighted by Gasteiger charge is -2.20. The summed E-state index contributed by atoms with van der Waals surface area (Å²) in [5.74, 6) is -0.949. The standard InChI is InChI=1S/C23H44O4/c1-5-7-9-11-13-14-16-18-20-27-22(25)23(3,4)21(24)26-19-17-15-12-10-8-6-2/h5-20H2,1-4H3. The van der Waals surface area contributed by atoms with E-state index >= 15 is 0 Å². The Balaban J connectivity index is 3.76. The van der Waals surface area contributed by atoms with Gasteiger partial charge in [0.1, 0.15) is 0 Å². The molecule has 0 rings (SSSR count). The quantitative estimate of drug-likeness (QED) is 0.152. The Hall–Kier alpha value is -1.06. The van der Waals surface area contributed by atoms with Crippen molar-refractivity contribution < 1.29 is 19.1 Å². The van der Waals surface area contributed by atoms with Gasteiger partial charge in [-0.15, -0.1) is 0 Å². The van der Waals surface area contributed by atoms with Crippen LogP contribution in [0.2, 0.25) is 0 Å². The third-order valence-corrected chi connectivity index (χ3v) is 4.98. The van der Waals surface area contributed by atoms with Crippen LogP contribution in [0.1, 0.15) is 118 Å². The van der Waals surface area contributed by atoms with E-state index in [1.54, 1.807) is 13.8 Å². The molecule has 0 fully saturated rings. The van der Waals surface area contributed by atoms with Crippen LogP contribution in [0, 0.1) is 5.41 Å². The summed E-state index contributed by atoms with van der Waals surface area (Å²) in [6.07, 6.45) is 16.4. The molecule has 0 spiro atoms. The van der Waals surface area contributed by atoms with Crippen molar-refractivity contribution in [3.63, 3.8) is 0 Å². The Morgan fingerprint density at radius 2 is 0.852 bits per heavy atom. The molecule has 4 heteroatoms. The Bertz CT molecular complexity index is 377. The first-order valence-corrected chi connectivity index (χ1v) is 11.3. The van der Waals surface area contributed by atoms with Gasteiger partial charge < -0.3 is 9.47 Å². The van der Waals surface area contributed by atoms with Gasteiger partial charge in [-0.2, -0.15) is 0 Å². The maximum absolute atomic E-state index is 12.2. The molecule has 0 amide bonds. The van der Waals surface area contributed by atoms with Crippen molar-refractivity contribution in [3.05, 3.63) is 0 Å². The summed E-state index contributed by atoms with van der Waals surface area (Å²) < 4.78 is 10.6. The highest BCUT2D eigenvalue weighted by Crippen LogP contribution is 2.20. The molecule has 160 valence electrons. The highest BCUT2D eigenvalue weighted by molar-refractivity contribution is 5.99. The van der Waals surface area contributed by atoms with Gasteiger partial charge >= 0.3 is 11.9 Å². The van der Waals surface area contributed by atoms with Crippen LogP contribution in [-0.4, -0.2) is 25.2 Å². The third kappa shape index (κ3) is 13.7. The molecule has 27 heavy (non-hydrogen) atoms. The Morgan fingerprint density at radius 1 is 0.556 bits per heavy atom. The molecule has 0 saturated carbocycles. The molecule has 4 nitrogen and oxygen atoms in total. The van der Waals surface area contributed by atoms with Crippen molar-refractivity contribution in [3.8, 4) is 0 Å². The zero-order chi connectivity index (χ0) is 20.4. The van der Waals surface area contributed by atoms with Gasteiger partial charge in [0, 0.05) is 0 Å². The summed E-state index contributed by atoms with van der Waals surface area (Å²) in [5.41, 5.74) is -1.22. The van der Waals surface area contributed by atoms with Gasteiger partial charge in [-0.05, 0) is 26.7 Å². The van der Waals surface area contributed by atoms with Crippen LogP contribution < -0.4 is 0 Å². The Labute approximate surface area is 167 Å². The van der Waals surface area contributed by atoms with Crippen LogP contribution in [0.3, 0.4) is 0 Å². The molecule has 0 aliphatic rings. The monoisotopic (exact) mass is 384 g/mol. The minimum absolute atomic E-state index is 0.389. The van der Waals surface area contributed by atoms with E-state index in [0.717, 1.165) is 25.7 Å². The van der Waals surface area contributed by atoms with Crippen molar-refractivity contribution in [1.82, 2.24) is 0 Å². The molecule has 0 aromatic heterocycles. The lowest BCUT2D eigenvalue weighted by atomic mass is 9.94. The summed E-state index contributed by atoms with van der Waals surface area (Å²) >= 11 is 0. The van der Waals surface area contributed by atoms with E-state index in [4.69, 9.17) is 9.47 Å². The summed E-state index contributed by atoms with van der Waals surface area (Å²) in [4.78, 5) is 24.4. The number of hydrogen-bond donors (Lipinski definition) is 0. The Morgan fingerprint density at radius 3 is 1.19 bits per heavy atom. The van der Waals surface area contributed by atoms with Crippen LogP contribution in [-0.2, 0) is 19.1 Å². The zero-order valence-corrected chi connectivity index (χ0v) is 18.4. The molecule has 0 radical (unpaired) electrons. The number of unbranched alkanes of at least 4 members (excludes halogenated alkanes) is 12. The van der Waals surface area contributed by atoms with Crippen molar-refractivity contribution in [1.29, 1.82) is 0 Å². The van der Waals surface area contributed by atoms with Gasteiger partial charge in [-0.3, -0.25) is 9.59 Å². The summed E-state index contributed by atoms with van der Waals surface area (Å²) in [6, 6.07) is 0. The second-order valence-electron chi connectivity index (χ2n) is 8.14. The number of ether oxygens (including phenoxy) is 2. The fourth-order valence-corrected chi connectivity index (χ4v) is 2.89. The SMILES string of the molecule is CCCCCCCCCCOC(=O)C(C)(C)C(=O)OCCCCCCCC. The van der Waals surface area contributed by atoms with Crippen molar-refractivity contribution in [2.45, 2.75) is 118 Å². The van der Waals surface area contributed by atoms with Crippen LogP contribution >= 0.6 is 0 Å². The molecular formula is C23H44O4. The number of rotatable bonds is 18. The molecule has 0 heterocycles. The highest BCUT2D eigenvalue weighted by Gasteiger charge is 2.39. The average molecular weight is 385 g/mol. The minimum Gasteiger partial charge on any atom is -0.465 e. The van der Waals surface area contributed by atoms with Crippen LogP contribution in [0.25, 0.3) is 0 Å². The molecule has 0 aromatic rings. The van der Waals surface area contributed by atoms with Gasteiger partial charge in [0.2, 0.25) is 0 Å². The van der Waals surface area contributed by atoms with Gasteiger partial charge in [0.05, 0.1) is 13.2 Å². The van der Waals surface area contributed by atoms with Gasteiger partial charge in [0.25, 0.3) is 0 Å². The summed E-state index contributed by atoms with van der Waals surface area (Å²) in [7, 11) is 0. The molecule has 0 bridgehead atoms. The molecule has 0 aliphatic heterocycles. The summed E-state index contributed by atoms with van der Waals surface area (Å²) in [6.45, 7) is 8.37. The first-order chi connectivity index (χ1) is 13.0. The maximum atomic E-state index is 12.2. The van der Waals surface area contributed by atoms with Crippen LogP contribution in [0.15, 0.2) is 0 Å². The predicted molar refractivity (Wildman–Crippen MR) is 112 cm³/mol. The lowest BCUT2D eigenvalue weighted by molar-refractivity contribution is -0.169. The van der Waals surface area contributed by atoms with Crippen molar-refractivity contribution in [2.75, 3.05) is 13.2 Å². The smallest absolute Gasteiger partial charge is 0.322 e. The number of hydrogen-bond acceptors (Lipinski definition) is 4. The molecule has 0 N–H and O–H groups in total. The van der Waals surface area contributed by atoms with Gasteiger partial charge in [-0.1, -0.05) is 90.9 Å². The maximum Gasteiger partial charge on any atom is 0.322 e. The van der Waals surface area contributed by atoms with E-state index in [-0.39, 0.29) is 0 Å². The Kier molecular flexibility index (Phi) is 16.4. The van der Waals surface area contributed by atoms with E-state index < -0.39 is 17.4 Å². The highest BCUT2D eigenvalue weighted by atomic mass is 16.6. The van der Waals surface area contributed by atoms with E-state index in [1.807, 2.05) is 0 Å². The van der Waals surface area contributed by atoms with Crippen molar-refractivity contribution >= 4 is 11.9 Å². The van der Waals surface area contributed by atoms with E-state index in [1.165, 1.54) is 64.2 Å². The largest absolute Gasteiger partial charge is 0.465 e. The lowest BCUT2D eigenvalue weighted by Crippen LogP contribution is -2.37. The molecule has 0 aliphatic carbocycles. The summed E-state index contributed by atoms with van der Waals surface area (Å²) in [5, 5.41) is 0.